The minimum Gasteiger partial charge on any atom is -0.614 e. The fraction of sp³-hybridized carbons (Fsp3) is 0.263. The third-order valence-electron chi connectivity index (χ3n) is 5.41. The van der Waals surface area contributed by atoms with E-state index in [4.69, 9.17) is 0 Å². The van der Waals surface area contributed by atoms with Gasteiger partial charge in [-0.1, -0.05) is 18.2 Å². The predicted molar refractivity (Wildman–Crippen MR) is 92.6 cm³/mol. The number of amides is 1. The number of carbonyl (C=O) groups is 1. The van der Waals surface area contributed by atoms with Crippen molar-refractivity contribution in [1.29, 1.82) is 0 Å². The standard InChI is InChI=1S/C19H17N3O2/c1-12-4-2-7-15-19(12)22(24)16(10-20-11-17(22)23)14-6-3-5-13-8-9-21(15)18(13)14/h3,5-7,10-11H,2,4,8-9H2,1H3. The lowest BCUT2D eigenvalue weighted by Gasteiger charge is -2.43. The molecule has 0 saturated heterocycles. The van der Waals surface area contributed by atoms with E-state index >= 15 is 0 Å². The van der Waals surface area contributed by atoms with E-state index in [1.807, 2.05) is 19.1 Å². The largest absolute Gasteiger partial charge is 0.614 e. The second kappa shape index (κ2) is 4.53. The second-order valence-electron chi connectivity index (χ2n) is 6.71. The summed E-state index contributed by atoms with van der Waals surface area (Å²) in [6.07, 6.45) is 7.52. The number of nitrogens with zero attached hydrogens (tertiary/aromatic N) is 3. The van der Waals surface area contributed by atoms with Crippen LogP contribution in [0, 0.1) is 5.21 Å². The van der Waals surface area contributed by atoms with E-state index in [0.29, 0.717) is 11.4 Å². The molecule has 24 heavy (non-hydrogen) atoms. The Hall–Kier alpha value is -2.50. The zero-order valence-electron chi connectivity index (χ0n) is 13.5. The van der Waals surface area contributed by atoms with Crippen LogP contribution in [0.5, 0.6) is 0 Å². The lowest BCUT2D eigenvalue weighted by atomic mass is 9.98. The fourth-order valence-corrected chi connectivity index (χ4v) is 4.35. The first-order chi connectivity index (χ1) is 11.6. The number of carbonyl (C=O) groups excluding carboxylic acids is 1. The average Bonchev–Trinajstić information content (AvgIpc) is 2.97. The molecule has 1 aromatic rings. The van der Waals surface area contributed by atoms with E-state index in [-0.39, 0.29) is 0 Å². The highest BCUT2D eigenvalue weighted by Crippen LogP contribution is 2.51. The van der Waals surface area contributed by atoms with E-state index in [1.54, 1.807) is 6.20 Å². The molecule has 5 rings (SSSR count). The third kappa shape index (κ3) is 1.51. The highest BCUT2D eigenvalue weighted by molar-refractivity contribution is 6.25. The summed E-state index contributed by atoms with van der Waals surface area (Å²) in [5.74, 6) is -0.520. The molecule has 5 nitrogen and oxygen atoms in total. The van der Waals surface area contributed by atoms with Gasteiger partial charge in [0.2, 0.25) is 0 Å². The van der Waals surface area contributed by atoms with Crippen LogP contribution in [-0.2, 0) is 11.2 Å². The Kier molecular flexibility index (Phi) is 2.62. The molecule has 0 saturated carbocycles. The highest BCUT2D eigenvalue weighted by Gasteiger charge is 2.48. The molecular weight excluding hydrogens is 302 g/mol. The summed E-state index contributed by atoms with van der Waals surface area (Å²) < 4.78 is -1.05. The molecule has 0 radical (unpaired) electrons. The first-order valence-electron chi connectivity index (χ1n) is 8.31. The van der Waals surface area contributed by atoms with Crippen LogP contribution < -0.4 is 4.90 Å². The van der Waals surface area contributed by atoms with Crippen molar-refractivity contribution in [1.82, 2.24) is 0 Å². The summed E-state index contributed by atoms with van der Waals surface area (Å²) in [5, 5.41) is 14.0. The highest BCUT2D eigenvalue weighted by atomic mass is 16.6. The van der Waals surface area contributed by atoms with Crippen molar-refractivity contribution in [2.45, 2.75) is 26.2 Å². The molecule has 3 heterocycles. The molecule has 4 aliphatic rings. The van der Waals surface area contributed by atoms with Crippen LogP contribution in [0.3, 0.4) is 0 Å². The molecule has 1 atom stereocenters. The molecule has 0 aromatic heterocycles. The number of benzene rings is 1. The molecule has 0 bridgehead atoms. The third-order valence-corrected chi connectivity index (χ3v) is 5.41. The van der Waals surface area contributed by atoms with E-state index < -0.39 is 10.6 Å². The molecule has 1 amide bonds. The van der Waals surface area contributed by atoms with E-state index in [1.165, 1.54) is 5.56 Å². The Morgan fingerprint density at radius 3 is 3.04 bits per heavy atom. The van der Waals surface area contributed by atoms with Crippen molar-refractivity contribution in [2.75, 3.05) is 11.4 Å². The van der Waals surface area contributed by atoms with Gasteiger partial charge in [0.05, 0.1) is 17.5 Å². The van der Waals surface area contributed by atoms with E-state index in [9.17, 15) is 10.0 Å². The van der Waals surface area contributed by atoms with Gasteiger partial charge in [0.25, 0.3) is 0 Å². The van der Waals surface area contributed by atoms with Crippen LogP contribution in [0.15, 0.2) is 52.4 Å². The number of hydrogen-bond donors (Lipinski definition) is 0. The maximum atomic E-state index is 14.0. The van der Waals surface area contributed by atoms with E-state index in [0.717, 1.165) is 54.5 Å². The minimum atomic E-state index is -1.05. The van der Waals surface area contributed by atoms with Gasteiger partial charge in [0, 0.05) is 6.54 Å². The van der Waals surface area contributed by atoms with Crippen molar-refractivity contribution < 1.29 is 9.44 Å². The predicted octanol–water partition coefficient (Wildman–Crippen LogP) is 3.24. The van der Waals surface area contributed by atoms with Crippen molar-refractivity contribution in [3.05, 3.63) is 63.8 Å². The SMILES string of the molecule is CC1=C2C(=CCC1)N1CCc3cccc(c31)C1=CN=CC(=O)[N+]12[O-]. The minimum absolute atomic E-state index is 0.436. The number of allylic oxidation sites excluding steroid dienone is 2. The maximum Gasteiger partial charge on any atom is 0.367 e. The Labute approximate surface area is 140 Å². The number of para-hydroxylation sites is 1. The van der Waals surface area contributed by atoms with Crippen LogP contribution >= 0.6 is 0 Å². The molecule has 1 aromatic carbocycles. The van der Waals surface area contributed by atoms with Crippen molar-refractivity contribution in [3.8, 4) is 0 Å². The summed E-state index contributed by atoms with van der Waals surface area (Å²) in [7, 11) is 0. The molecule has 1 unspecified atom stereocenters. The lowest BCUT2D eigenvalue weighted by molar-refractivity contribution is -0.678. The van der Waals surface area contributed by atoms with Gasteiger partial charge in [-0.25, -0.2) is 14.4 Å². The number of rotatable bonds is 0. The van der Waals surface area contributed by atoms with Gasteiger partial charge in [0.15, 0.2) is 11.4 Å². The maximum absolute atomic E-state index is 14.0. The van der Waals surface area contributed by atoms with Gasteiger partial charge in [-0.3, -0.25) is 0 Å². The van der Waals surface area contributed by atoms with Gasteiger partial charge in [-0.05, 0) is 43.4 Å². The molecular formula is C19H17N3O2. The monoisotopic (exact) mass is 319 g/mol. The van der Waals surface area contributed by atoms with Gasteiger partial charge < -0.3 is 10.1 Å². The number of hydroxylamine groups is 3. The quantitative estimate of drug-likeness (QED) is 0.545. The summed E-state index contributed by atoms with van der Waals surface area (Å²) >= 11 is 0. The number of fused-ring (bicyclic) bond motifs is 5. The molecule has 1 aliphatic carbocycles. The Bertz CT molecular complexity index is 923. The van der Waals surface area contributed by atoms with Crippen LogP contribution in [-0.4, -0.2) is 23.3 Å². The summed E-state index contributed by atoms with van der Waals surface area (Å²) in [4.78, 5) is 19.0. The number of anilines is 1. The Morgan fingerprint density at radius 1 is 1.29 bits per heavy atom. The van der Waals surface area contributed by atoms with Crippen molar-refractivity contribution in [2.24, 2.45) is 4.99 Å². The number of hydrogen-bond acceptors (Lipinski definition) is 4. The molecule has 5 heteroatoms. The average molecular weight is 319 g/mol. The summed E-state index contributed by atoms with van der Waals surface area (Å²) in [6, 6.07) is 6.02. The van der Waals surface area contributed by atoms with Crippen LogP contribution in [0.2, 0.25) is 0 Å². The zero-order valence-corrected chi connectivity index (χ0v) is 13.5. The topological polar surface area (TPSA) is 55.7 Å². The van der Waals surface area contributed by atoms with Crippen LogP contribution in [0.4, 0.5) is 5.69 Å². The van der Waals surface area contributed by atoms with Crippen LogP contribution in [0.25, 0.3) is 5.70 Å². The van der Waals surface area contributed by atoms with Crippen molar-refractivity contribution in [3.63, 3.8) is 0 Å². The summed E-state index contributed by atoms with van der Waals surface area (Å²) in [5.41, 5.74) is 6.07. The van der Waals surface area contributed by atoms with Gasteiger partial charge in [0.1, 0.15) is 11.9 Å². The normalized spacial score (nSPS) is 27.2. The smallest absolute Gasteiger partial charge is 0.367 e. The van der Waals surface area contributed by atoms with Gasteiger partial charge in [-0.15, -0.1) is 0 Å². The second-order valence-corrected chi connectivity index (χ2v) is 6.71. The first kappa shape index (κ1) is 13.9. The number of aliphatic imine (C=N–C) groups is 1. The molecule has 0 fully saturated rings. The molecule has 120 valence electrons. The van der Waals surface area contributed by atoms with Crippen molar-refractivity contribution >= 4 is 23.5 Å². The van der Waals surface area contributed by atoms with Gasteiger partial charge >= 0.3 is 5.91 Å². The van der Waals surface area contributed by atoms with E-state index in [2.05, 4.69) is 22.0 Å². The molecule has 3 aliphatic heterocycles. The molecule has 0 N–H and O–H groups in total. The number of quaternary nitrogens is 1. The lowest BCUT2D eigenvalue weighted by Crippen LogP contribution is -2.48. The van der Waals surface area contributed by atoms with Crippen LogP contribution in [0.1, 0.15) is 30.9 Å². The van der Waals surface area contributed by atoms with Gasteiger partial charge in [-0.2, -0.15) is 0 Å². The zero-order chi connectivity index (χ0) is 16.5. The summed E-state index contributed by atoms with van der Waals surface area (Å²) in [6.45, 7) is 2.82. The fourth-order valence-electron chi connectivity index (χ4n) is 4.35. The Morgan fingerprint density at radius 2 is 2.17 bits per heavy atom. The first-order valence-corrected chi connectivity index (χ1v) is 8.31. The molecule has 0 spiro atoms. The Balaban J connectivity index is 1.93.